The van der Waals surface area contributed by atoms with Crippen LogP contribution < -0.4 is 5.32 Å². The van der Waals surface area contributed by atoms with Gasteiger partial charge in [0, 0.05) is 30.5 Å². The van der Waals surface area contributed by atoms with Crippen LogP contribution in [0.1, 0.15) is 21.8 Å². The Hall–Kier alpha value is -2.28. The predicted octanol–water partition coefficient (Wildman–Crippen LogP) is 2.66. The maximum Gasteiger partial charge on any atom is 0.261 e. The van der Waals surface area contributed by atoms with Crippen molar-refractivity contribution >= 4 is 27.3 Å². The summed E-state index contributed by atoms with van der Waals surface area (Å²) in [5, 5.41) is 14.6. The highest BCUT2D eigenvalue weighted by Crippen LogP contribution is 2.25. The van der Waals surface area contributed by atoms with Crippen LogP contribution in [0.15, 0.2) is 54.7 Å². The van der Waals surface area contributed by atoms with Gasteiger partial charge in [-0.3, -0.25) is 14.7 Å². The van der Waals surface area contributed by atoms with Gasteiger partial charge in [0.15, 0.2) is 0 Å². The van der Waals surface area contributed by atoms with Crippen molar-refractivity contribution in [2.24, 2.45) is 0 Å². The molecule has 1 aliphatic rings. The minimum Gasteiger partial charge on any atom is -0.390 e. The summed E-state index contributed by atoms with van der Waals surface area (Å²) < 4.78 is 1.10. The fourth-order valence-electron chi connectivity index (χ4n) is 3.36. The smallest absolute Gasteiger partial charge is 0.261 e. The zero-order valence-electron chi connectivity index (χ0n) is 14.3. The molecular formula is C20H21N3O2S. The van der Waals surface area contributed by atoms with Gasteiger partial charge in [-0.1, -0.05) is 24.3 Å². The van der Waals surface area contributed by atoms with E-state index < -0.39 is 6.10 Å². The molecule has 3 aromatic rings. The van der Waals surface area contributed by atoms with E-state index in [0.29, 0.717) is 11.4 Å². The zero-order chi connectivity index (χ0) is 17.9. The van der Waals surface area contributed by atoms with Crippen molar-refractivity contribution in [1.82, 2.24) is 15.2 Å². The van der Waals surface area contributed by atoms with Crippen LogP contribution in [0.25, 0.3) is 10.1 Å². The molecule has 3 heterocycles. The molecule has 2 aromatic heterocycles. The van der Waals surface area contributed by atoms with Crippen LogP contribution >= 0.6 is 11.3 Å². The van der Waals surface area contributed by atoms with Crippen molar-refractivity contribution in [2.75, 3.05) is 13.1 Å². The highest BCUT2D eigenvalue weighted by atomic mass is 32.1. The molecule has 0 saturated carbocycles. The van der Waals surface area contributed by atoms with E-state index in [1.54, 1.807) is 6.20 Å². The summed E-state index contributed by atoms with van der Waals surface area (Å²) in [6.07, 6.45) is 1.93. The van der Waals surface area contributed by atoms with E-state index in [9.17, 15) is 9.90 Å². The van der Waals surface area contributed by atoms with Gasteiger partial charge in [-0.15, -0.1) is 11.3 Å². The fraction of sp³-hybridized carbons (Fsp3) is 0.300. The lowest BCUT2D eigenvalue weighted by molar-refractivity contribution is 0.0346. The van der Waals surface area contributed by atoms with Gasteiger partial charge in [0.2, 0.25) is 0 Å². The van der Waals surface area contributed by atoms with Crippen molar-refractivity contribution in [1.29, 1.82) is 0 Å². The number of carbonyl (C=O) groups excluding carboxylic acids is 1. The second kappa shape index (κ2) is 7.53. The van der Waals surface area contributed by atoms with Crippen molar-refractivity contribution in [2.45, 2.75) is 25.1 Å². The largest absolute Gasteiger partial charge is 0.390 e. The van der Waals surface area contributed by atoms with Crippen LogP contribution in [0.3, 0.4) is 0 Å². The first-order valence-corrected chi connectivity index (χ1v) is 9.60. The Bertz CT molecular complexity index is 863. The first kappa shape index (κ1) is 17.1. The molecule has 26 heavy (non-hydrogen) atoms. The molecule has 0 unspecified atom stereocenters. The second-order valence-corrected chi connectivity index (χ2v) is 7.72. The van der Waals surface area contributed by atoms with Crippen LogP contribution in [0, 0.1) is 0 Å². The Kier molecular flexibility index (Phi) is 4.97. The van der Waals surface area contributed by atoms with E-state index in [1.807, 2.05) is 48.5 Å². The summed E-state index contributed by atoms with van der Waals surface area (Å²) in [7, 11) is 0. The van der Waals surface area contributed by atoms with Gasteiger partial charge < -0.3 is 10.4 Å². The number of aliphatic hydroxyl groups is 1. The van der Waals surface area contributed by atoms with Crippen molar-refractivity contribution in [3.63, 3.8) is 0 Å². The summed E-state index contributed by atoms with van der Waals surface area (Å²) in [5.41, 5.74) is 0.993. The third-order valence-electron chi connectivity index (χ3n) is 4.74. The van der Waals surface area contributed by atoms with Gasteiger partial charge >= 0.3 is 0 Å². The lowest BCUT2D eigenvalue weighted by Gasteiger charge is -2.36. The van der Waals surface area contributed by atoms with Crippen molar-refractivity contribution in [3.05, 3.63) is 65.3 Å². The monoisotopic (exact) mass is 367 g/mol. The van der Waals surface area contributed by atoms with Gasteiger partial charge in [-0.25, -0.2) is 0 Å². The van der Waals surface area contributed by atoms with Crippen LogP contribution in [0.4, 0.5) is 0 Å². The number of aliphatic hydroxyl groups excluding tert-OH is 1. The van der Waals surface area contributed by atoms with Gasteiger partial charge in [-0.05, 0) is 36.1 Å². The Balaban J connectivity index is 1.36. The average Bonchev–Trinajstić information content (AvgIpc) is 3.09. The van der Waals surface area contributed by atoms with Gasteiger partial charge in [0.05, 0.1) is 22.7 Å². The summed E-state index contributed by atoms with van der Waals surface area (Å²) in [5.74, 6) is -0.103. The predicted molar refractivity (Wildman–Crippen MR) is 103 cm³/mol. The maximum absolute atomic E-state index is 12.6. The number of rotatable bonds is 4. The molecule has 0 spiro atoms. The molecule has 1 saturated heterocycles. The molecule has 2 N–H and O–H groups in total. The number of nitrogens with one attached hydrogen (secondary N) is 1. The average molecular weight is 367 g/mol. The maximum atomic E-state index is 12.6. The topological polar surface area (TPSA) is 65.5 Å². The molecular weight excluding hydrogens is 346 g/mol. The first-order chi connectivity index (χ1) is 12.7. The normalized spacial score (nSPS) is 21.0. The van der Waals surface area contributed by atoms with E-state index in [2.05, 4.69) is 15.2 Å². The minimum absolute atomic E-state index is 0.103. The molecule has 1 aliphatic heterocycles. The van der Waals surface area contributed by atoms with E-state index in [4.69, 9.17) is 0 Å². The number of fused-ring (bicyclic) bond motifs is 1. The van der Waals surface area contributed by atoms with Crippen LogP contribution in [0.2, 0.25) is 0 Å². The molecule has 5 nitrogen and oxygen atoms in total. The van der Waals surface area contributed by atoms with Crippen LogP contribution in [-0.4, -0.2) is 46.1 Å². The SMILES string of the molecule is O=C(N[C@@H]1CCN(Cc2ccccn2)C[C@H]1O)c1cc2ccccc2s1. The number of aromatic nitrogens is 1. The zero-order valence-corrected chi connectivity index (χ0v) is 15.2. The summed E-state index contributed by atoms with van der Waals surface area (Å²) >= 11 is 1.49. The highest BCUT2D eigenvalue weighted by Gasteiger charge is 2.29. The number of piperidine rings is 1. The van der Waals surface area contributed by atoms with Gasteiger partial charge in [0.25, 0.3) is 5.91 Å². The molecule has 2 atom stereocenters. The number of benzene rings is 1. The van der Waals surface area contributed by atoms with E-state index in [0.717, 1.165) is 35.3 Å². The highest BCUT2D eigenvalue weighted by molar-refractivity contribution is 7.20. The Labute approximate surface area is 156 Å². The Morgan fingerprint density at radius 3 is 2.88 bits per heavy atom. The number of likely N-dealkylation sites (tertiary alicyclic amines) is 1. The first-order valence-electron chi connectivity index (χ1n) is 8.79. The lowest BCUT2D eigenvalue weighted by Crippen LogP contribution is -2.53. The number of thiophene rings is 1. The van der Waals surface area contributed by atoms with Crippen LogP contribution in [0.5, 0.6) is 0 Å². The molecule has 1 aromatic carbocycles. The molecule has 6 heteroatoms. The second-order valence-electron chi connectivity index (χ2n) is 6.64. The standard InChI is InChI=1S/C20H21N3O2S/c24-17-13-23(12-15-6-3-4-9-21-15)10-8-16(17)22-20(25)19-11-14-5-1-2-7-18(14)26-19/h1-7,9,11,16-17,24H,8,10,12-13H2,(H,22,25)/t16-,17-/m1/s1. The van der Waals surface area contributed by atoms with Crippen LogP contribution in [-0.2, 0) is 6.54 Å². The summed E-state index contributed by atoms with van der Waals surface area (Å²) in [6, 6.07) is 15.5. The summed E-state index contributed by atoms with van der Waals surface area (Å²) in [4.78, 5) is 19.8. The van der Waals surface area contributed by atoms with Gasteiger partial charge in [0.1, 0.15) is 0 Å². The Morgan fingerprint density at radius 2 is 2.12 bits per heavy atom. The summed E-state index contributed by atoms with van der Waals surface area (Å²) in [6.45, 7) is 2.08. The Morgan fingerprint density at radius 1 is 1.27 bits per heavy atom. The molecule has 134 valence electrons. The molecule has 0 aliphatic carbocycles. The minimum atomic E-state index is -0.578. The van der Waals surface area contributed by atoms with Crippen molar-refractivity contribution in [3.8, 4) is 0 Å². The lowest BCUT2D eigenvalue weighted by atomic mass is 10.0. The van der Waals surface area contributed by atoms with E-state index in [-0.39, 0.29) is 11.9 Å². The molecule has 0 radical (unpaired) electrons. The fourth-order valence-corrected chi connectivity index (χ4v) is 4.33. The third-order valence-corrected chi connectivity index (χ3v) is 5.86. The quantitative estimate of drug-likeness (QED) is 0.744. The van der Waals surface area contributed by atoms with Gasteiger partial charge in [-0.2, -0.15) is 0 Å². The number of amides is 1. The number of carbonyl (C=O) groups is 1. The molecule has 1 fully saturated rings. The molecule has 0 bridgehead atoms. The van der Waals surface area contributed by atoms with Crippen molar-refractivity contribution < 1.29 is 9.90 Å². The van der Waals surface area contributed by atoms with E-state index in [1.165, 1.54) is 11.3 Å². The molecule has 1 amide bonds. The number of hydrogen-bond acceptors (Lipinski definition) is 5. The number of β-amino-alcohol motifs (C(OH)–C–C–N with tert-alkyl or cyclic N) is 1. The molecule has 4 rings (SSSR count). The van der Waals surface area contributed by atoms with E-state index >= 15 is 0 Å². The third kappa shape index (κ3) is 3.77. The number of hydrogen-bond donors (Lipinski definition) is 2. The number of nitrogens with zero attached hydrogens (tertiary/aromatic N) is 2. The number of pyridine rings is 1.